The average molecular weight is 595 g/mol. The topological polar surface area (TPSA) is 87.0 Å². The molecule has 1 aromatic heterocycles. The second kappa shape index (κ2) is 12.7. The van der Waals surface area contributed by atoms with Crippen LogP contribution in [0.1, 0.15) is 66.4 Å². The highest BCUT2D eigenvalue weighted by atomic mass is 16.5. The van der Waals surface area contributed by atoms with E-state index in [2.05, 4.69) is 52.0 Å². The Kier molecular flexibility index (Phi) is 8.62. The van der Waals surface area contributed by atoms with Crippen LogP contribution in [0.25, 0.3) is 22.2 Å². The van der Waals surface area contributed by atoms with Crippen LogP contribution in [0.2, 0.25) is 0 Å². The number of amides is 1. The molecule has 0 unspecified atom stereocenters. The summed E-state index contributed by atoms with van der Waals surface area (Å²) < 4.78 is 8.73. The second-order valence-electron chi connectivity index (χ2n) is 12.4. The third-order valence-corrected chi connectivity index (χ3v) is 8.99. The molecule has 230 valence electrons. The van der Waals surface area contributed by atoms with Gasteiger partial charge in [-0.05, 0) is 80.4 Å². The van der Waals surface area contributed by atoms with Crippen LogP contribution in [0.15, 0.2) is 60.7 Å². The number of ether oxygens (including phenoxy) is 1. The van der Waals surface area contributed by atoms with Gasteiger partial charge in [-0.1, -0.05) is 37.5 Å². The summed E-state index contributed by atoms with van der Waals surface area (Å²) in [6, 6.07) is 19.8. The monoisotopic (exact) mass is 594 g/mol. The van der Waals surface area contributed by atoms with Gasteiger partial charge in [0.1, 0.15) is 12.4 Å². The lowest BCUT2D eigenvalue weighted by Crippen LogP contribution is -2.33. The van der Waals surface area contributed by atoms with Gasteiger partial charge < -0.3 is 29.5 Å². The molecule has 44 heavy (non-hydrogen) atoms. The number of aromatic carboxylic acids is 1. The Morgan fingerprint density at radius 2 is 1.82 bits per heavy atom. The zero-order chi connectivity index (χ0) is 30.8. The molecule has 3 aromatic carbocycles. The molecular formula is C36H42N4O4. The fraction of sp³-hybridized carbons (Fsp3) is 0.389. The lowest BCUT2D eigenvalue weighted by molar-refractivity contribution is -0.114. The fourth-order valence-electron chi connectivity index (χ4n) is 6.90. The van der Waals surface area contributed by atoms with Crippen molar-refractivity contribution in [2.75, 3.05) is 43.9 Å². The summed E-state index contributed by atoms with van der Waals surface area (Å²) in [7, 11) is 4.19. The van der Waals surface area contributed by atoms with Crippen LogP contribution in [0.4, 0.5) is 11.4 Å². The van der Waals surface area contributed by atoms with E-state index in [0.717, 1.165) is 67.2 Å². The van der Waals surface area contributed by atoms with Crippen molar-refractivity contribution in [3.05, 3.63) is 77.4 Å². The van der Waals surface area contributed by atoms with Crippen molar-refractivity contribution in [1.29, 1.82) is 0 Å². The molecule has 0 radical (unpaired) electrons. The van der Waals surface area contributed by atoms with Gasteiger partial charge in [0.2, 0.25) is 5.91 Å². The zero-order valence-corrected chi connectivity index (χ0v) is 25.9. The van der Waals surface area contributed by atoms with Crippen molar-refractivity contribution < 1.29 is 19.4 Å². The van der Waals surface area contributed by atoms with Gasteiger partial charge in [-0.2, -0.15) is 0 Å². The van der Waals surface area contributed by atoms with E-state index in [1.807, 2.05) is 36.4 Å². The number of anilines is 2. The number of carboxylic acid groups (broad SMARTS) is 1. The largest absolute Gasteiger partial charge is 0.489 e. The third kappa shape index (κ3) is 6.17. The Balaban J connectivity index is 1.44. The molecule has 0 atom stereocenters. The molecule has 2 N–H and O–H groups in total. The molecule has 8 nitrogen and oxygen atoms in total. The first-order chi connectivity index (χ1) is 21.3. The van der Waals surface area contributed by atoms with Crippen molar-refractivity contribution >= 4 is 34.2 Å². The number of carboxylic acids is 1. The predicted molar refractivity (Wildman–Crippen MR) is 176 cm³/mol. The second-order valence-corrected chi connectivity index (χ2v) is 12.4. The Hall–Kier alpha value is -4.30. The van der Waals surface area contributed by atoms with Crippen LogP contribution < -0.4 is 15.0 Å². The van der Waals surface area contributed by atoms with Crippen LogP contribution in [0, 0.1) is 0 Å². The van der Waals surface area contributed by atoms with Crippen molar-refractivity contribution in [3.8, 4) is 17.0 Å². The van der Waals surface area contributed by atoms with Gasteiger partial charge in [0.05, 0.1) is 11.3 Å². The molecule has 0 spiro atoms. The first kappa shape index (κ1) is 29.8. The molecule has 1 fully saturated rings. The number of nitrogens with zero attached hydrogens (tertiary/aromatic N) is 3. The Bertz CT molecular complexity index is 1690. The molecule has 1 amide bonds. The number of nitrogens with one attached hydrogen (secondary N) is 1. The Morgan fingerprint density at radius 1 is 1.00 bits per heavy atom. The summed E-state index contributed by atoms with van der Waals surface area (Å²) in [5, 5.41) is 13.9. The van der Waals surface area contributed by atoms with E-state index < -0.39 is 5.97 Å². The Morgan fingerprint density at radius 3 is 2.57 bits per heavy atom. The quantitative estimate of drug-likeness (QED) is 0.218. The van der Waals surface area contributed by atoms with Gasteiger partial charge in [-0.3, -0.25) is 4.79 Å². The van der Waals surface area contributed by atoms with Crippen molar-refractivity contribution in [2.45, 2.75) is 58.1 Å². The van der Waals surface area contributed by atoms with Crippen molar-refractivity contribution in [2.24, 2.45) is 0 Å². The van der Waals surface area contributed by atoms with Crippen LogP contribution in [0.3, 0.4) is 0 Å². The zero-order valence-electron chi connectivity index (χ0n) is 25.9. The number of carbonyl (C=O) groups excluding carboxylic acids is 1. The van der Waals surface area contributed by atoms with Crippen molar-refractivity contribution in [1.82, 2.24) is 9.47 Å². The van der Waals surface area contributed by atoms with E-state index in [1.165, 1.54) is 48.4 Å². The summed E-state index contributed by atoms with van der Waals surface area (Å²) in [6.45, 7) is 5.25. The summed E-state index contributed by atoms with van der Waals surface area (Å²) in [5.74, 6) is 0.246. The highest BCUT2D eigenvalue weighted by Gasteiger charge is 2.31. The van der Waals surface area contributed by atoms with E-state index in [-0.39, 0.29) is 5.91 Å². The average Bonchev–Trinajstić information content (AvgIpc) is 3.24. The predicted octanol–water partition coefficient (Wildman–Crippen LogP) is 6.97. The molecule has 1 saturated carbocycles. The summed E-state index contributed by atoms with van der Waals surface area (Å²) in [4.78, 5) is 28.2. The summed E-state index contributed by atoms with van der Waals surface area (Å²) in [5.41, 5.74) is 7.99. The fourth-order valence-corrected chi connectivity index (χ4v) is 6.90. The van der Waals surface area contributed by atoms with Gasteiger partial charge in [0, 0.05) is 67.0 Å². The first-order valence-electron chi connectivity index (χ1n) is 15.7. The van der Waals surface area contributed by atoms with Gasteiger partial charge in [0.15, 0.2) is 0 Å². The molecule has 0 saturated heterocycles. The first-order valence-corrected chi connectivity index (χ1v) is 15.7. The molecule has 4 aromatic rings. The summed E-state index contributed by atoms with van der Waals surface area (Å²) in [6.07, 6.45) is 6.04. The molecule has 0 bridgehead atoms. The molecule has 2 aliphatic rings. The van der Waals surface area contributed by atoms with E-state index in [1.54, 1.807) is 6.07 Å². The maximum Gasteiger partial charge on any atom is 0.335 e. The number of benzene rings is 3. The van der Waals surface area contributed by atoms with E-state index >= 15 is 0 Å². The number of aromatic nitrogens is 1. The Labute approximate surface area is 259 Å². The van der Waals surface area contributed by atoms with E-state index in [4.69, 9.17) is 4.74 Å². The van der Waals surface area contributed by atoms with Gasteiger partial charge in [-0.15, -0.1) is 0 Å². The molecule has 8 heteroatoms. The highest BCUT2D eigenvalue weighted by molar-refractivity contribution is 5.99. The smallest absolute Gasteiger partial charge is 0.335 e. The standard InChI is InChI=1S/C36H42N4O4/c1-24(41)37-28-11-7-8-25(20-28)23-44-29-13-15-31-32(22-29)39(17-16-38(2)3)18-19-40-33-21-27(36(42)43)12-14-30(33)34(35(31)40)26-9-5-4-6-10-26/h7-8,11-15,20-22,26H,4-6,9-10,16-19,23H2,1-3H3,(H,37,41)(H,42,43). The summed E-state index contributed by atoms with van der Waals surface area (Å²) >= 11 is 0. The maximum atomic E-state index is 12.0. The minimum absolute atomic E-state index is 0.101. The van der Waals surface area contributed by atoms with E-state index in [0.29, 0.717) is 18.1 Å². The van der Waals surface area contributed by atoms with Crippen LogP contribution in [0.5, 0.6) is 5.75 Å². The molecule has 1 aliphatic heterocycles. The highest BCUT2D eigenvalue weighted by Crippen LogP contribution is 2.48. The molecule has 6 rings (SSSR count). The molecule has 2 heterocycles. The van der Waals surface area contributed by atoms with Crippen LogP contribution in [-0.2, 0) is 17.9 Å². The SMILES string of the molecule is CC(=O)Nc1cccc(COc2ccc3c(c2)N(CCN(C)C)CCn2c-3c(C3CCCCC3)c3ccc(C(=O)O)cc32)c1. The van der Waals surface area contributed by atoms with Gasteiger partial charge >= 0.3 is 5.97 Å². The molecular weight excluding hydrogens is 552 g/mol. The number of hydrogen-bond donors (Lipinski definition) is 2. The number of likely N-dealkylation sites (N-methyl/N-ethyl adjacent to an activating group) is 1. The number of fused-ring (bicyclic) bond motifs is 5. The number of carbonyl (C=O) groups is 2. The minimum atomic E-state index is -0.896. The van der Waals surface area contributed by atoms with Gasteiger partial charge in [0.25, 0.3) is 0 Å². The minimum Gasteiger partial charge on any atom is -0.489 e. The van der Waals surface area contributed by atoms with Gasteiger partial charge in [-0.25, -0.2) is 4.79 Å². The lowest BCUT2D eigenvalue weighted by atomic mass is 9.81. The van der Waals surface area contributed by atoms with Crippen molar-refractivity contribution in [3.63, 3.8) is 0 Å². The number of hydrogen-bond acceptors (Lipinski definition) is 5. The third-order valence-electron chi connectivity index (χ3n) is 8.99. The maximum absolute atomic E-state index is 12.0. The normalized spacial score (nSPS) is 15.1. The molecule has 1 aliphatic carbocycles. The van der Waals surface area contributed by atoms with Crippen LogP contribution >= 0.6 is 0 Å². The number of rotatable bonds is 9. The van der Waals surface area contributed by atoms with E-state index in [9.17, 15) is 14.7 Å². The lowest BCUT2D eigenvalue weighted by Gasteiger charge is -2.27. The van der Waals surface area contributed by atoms with Crippen LogP contribution in [-0.4, -0.2) is 60.2 Å².